The lowest BCUT2D eigenvalue weighted by atomic mass is 10.1. The minimum absolute atomic E-state index is 0.377. The number of aromatic nitrogens is 2. The van der Waals surface area contributed by atoms with Crippen molar-refractivity contribution in [1.29, 1.82) is 0 Å². The number of imidazole rings is 1. The van der Waals surface area contributed by atoms with Gasteiger partial charge in [0.2, 0.25) is 0 Å². The number of halogens is 2. The van der Waals surface area contributed by atoms with Gasteiger partial charge in [-0.25, -0.2) is 4.98 Å². The number of hydrogen-bond acceptors (Lipinski definition) is 2. The second kappa shape index (κ2) is 7.86. The molecule has 3 aromatic carbocycles. The van der Waals surface area contributed by atoms with Crippen LogP contribution in [0.4, 0.5) is 0 Å². The quantitative estimate of drug-likeness (QED) is 0.371. The van der Waals surface area contributed by atoms with Crippen molar-refractivity contribution >= 4 is 34.2 Å². The molecule has 0 atom stereocenters. The average molecular weight is 411 g/mol. The number of nitrogens with zero attached hydrogens (tertiary/aromatic N) is 2. The smallest absolute Gasteiger partial charge is 0.148 e. The van der Waals surface area contributed by atoms with E-state index in [9.17, 15) is 0 Å². The van der Waals surface area contributed by atoms with Gasteiger partial charge in [0.1, 0.15) is 18.2 Å². The van der Waals surface area contributed by atoms with E-state index in [2.05, 4.69) is 36.6 Å². The molecule has 0 saturated carbocycles. The number of aryl methyl sites for hydroxylation is 2. The highest BCUT2D eigenvalue weighted by Gasteiger charge is 2.13. The van der Waals surface area contributed by atoms with Gasteiger partial charge in [-0.15, -0.1) is 0 Å². The molecule has 0 radical (unpaired) electrons. The van der Waals surface area contributed by atoms with Gasteiger partial charge < -0.3 is 9.30 Å². The van der Waals surface area contributed by atoms with Crippen molar-refractivity contribution in [2.45, 2.75) is 27.0 Å². The molecule has 5 heteroatoms. The zero-order valence-corrected chi connectivity index (χ0v) is 17.3. The predicted octanol–water partition coefficient (Wildman–Crippen LogP) is 6.59. The summed E-state index contributed by atoms with van der Waals surface area (Å²) in [5.41, 5.74) is 5.43. The third-order valence-corrected chi connectivity index (χ3v) is 5.51. The lowest BCUT2D eigenvalue weighted by molar-refractivity contribution is 0.291. The van der Waals surface area contributed by atoms with Crippen LogP contribution in [0.25, 0.3) is 11.0 Å². The summed E-state index contributed by atoms with van der Waals surface area (Å²) >= 11 is 12.4. The van der Waals surface area contributed by atoms with E-state index in [1.807, 2.05) is 36.4 Å². The van der Waals surface area contributed by atoms with Crippen LogP contribution in [0.15, 0.2) is 60.7 Å². The summed E-state index contributed by atoms with van der Waals surface area (Å²) in [5.74, 6) is 1.69. The second-order valence-corrected chi connectivity index (χ2v) is 7.72. The fourth-order valence-corrected chi connectivity index (χ4v) is 3.65. The number of hydrogen-bond donors (Lipinski definition) is 0. The zero-order chi connectivity index (χ0) is 19.7. The highest BCUT2D eigenvalue weighted by molar-refractivity contribution is 6.35. The molecule has 4 aromatic rings. The largest absolute Gasteiger partial charge is 0.486 e. The number of para-hydroxylation sites is 2. The maximum Gasteiger partial charge on any atom is 0.148 e. The first-order valence-corrected chi connectivity index (χ1v) is 9.85. The lowest BCUT2D eigenvalue weighted by Gasteiger charge is -2.12. The average Bonchev–Trinajstić information content (AvgIpc) is 3.02. The summed E-state index contributed by atoms with van der Waals surface area (Å²) in [4.78, 5) is 4.78. The summed E-state index contributed by atoms with van der Waals surface area (Å²) in [6.45, 7) is 5.15. The van der Waals surface area contributed by atoms with Crippen LogP contribution in [-0.4, -0.2) is 9.55 Å². The van der Waals surface area contributed by atoms with Crippen LogP contribution in [0.5, 0.6) is 5.75 Å². The SMILES string of the molecule is Cc1ccc(OCc2nc3ccccc3n2Cc2ccc(Cl)cc2Cl)cc1C. The van der Waals surface area contributed by atoms with Crippen LogP contribution in [0.1, 0.15) is 22.5 Å². The zero-order valence-electron chi connectivity index (χ0n) is 15.7. The van der Waals surface area contributed by atoms with Crippen molar-refractivity contribution < 1.29 is 4.74 Å². The Morgan fingerprint density at radius 1 is 0.929 bits per heavy atom. The maximum absolute atomic E-state index is 6.41. The van der Waals surface area contributed by atoms with E-state index in [0.29, 0.717) is 23.2 Å². The standard InChI is InChI=1S/C23H20Cl2N2O/c1-15-7-10-19(11-16(15)2)28-14-23-26-21-5-3-4-6-22(21)27(23)13-17-8-9-18(24)12-20(17)25/h3-12H,13-14H2,1-2H3. The number of fused-ring (bicyclic) bond motifs is 1. The molecule has 0 unspecified atom stereocenters. The topological polar surface area (TPSA) is 27.1 Å². The van der Waals surface area contributed by atoms with Crippen LogP contribution >= 0.6 is 23.2 Å². The van der Waals surface area contributed by atoms with Crippen molar-refractivity contribution in [2.24, 2.45) is 0 Å². The van der Waals surface area contributed by atoms with Gasteiger partial charge in [0, 0.05) is 10.0 Å². The molecule has 28 heavy (non-hydrogen) atoms. The molecule has 142 valence electrons. The molecule has 0 amide bonds. The summed E-state index contributed by atoms with van der Waals surface area (Å²) < 4.78 is 8.19. The number of rotatable bonds is 5. The van der Waals surface area contributed by atoms with Gasteiger partial charge in [-0.1, -0.05) is 47.5 Å². The summed E-state index contributed by atoms with van der Waals surface area (Å²) in [6.07, 6.45) is 0. The monoisotopic (exact) mass is 410 g/mol. The first-order valence-electron chi connectivity index (χ1n) is 9.09. The van der Waals surface area contributed by atoms with Crippen LogP contribution < -0.4 is 4.74 Å². The molecule has 0 aliphatic heterocycles. The second-order valence-electron chi connectivity index (χ2n) is 6.87. The first-order chi connectivity index (χ1) is 13.5. The highest BCUT2D eigenvalue weighted by Crippen LogP contribution is 2.25. The van der Waals surface area contributed by atoms with Crippen LogP contribution in [-0.2, 0) is 13.2 Å². The molecule has 0 saturated heterocycles. The van der Waals surface area contributed by atoms with E-state index in [4.69, 9.17) is 32.9 Å². The van der Waals surface area contributed by atoms with Crippen molar-refractivity contribution in [3.05, 3.63) is 93.2 Å². The molecule has 1 aromatic heterocycles. The van der Waals surface area contributed by atoms with Gasteiger partial charge in [-0.3, -0.25) is 0 Å². The molecular formula is C23H20Cl2N2O. The molecule has 0 aliphatic carbocycles. The van der Waals surface area contributed by atoms with Crippen molar-refractivity contribution in [3.8, 4) is 5.75 Å². The Morgan fingerprint density at radius 3 is 2.54 bits per heavy atom. The van der Waals surface area contributed by atoms with E-state index in [1.165, 1.54) is 11.1 Å². The Labute approximate surface area is 174 Å². The molecule has 1 heterocycles. The lowest BCUT2D eigenvalue weighted by Crippen LogP contribution is -2.09. The predicted molar refractivity (Wildman–Crippen MR) is 116 cm³/mol. The maximum atomic E-state index is 6.41. The molecule has 3 nitrogen and oxygen atoms in total. The Hall–Kier alpha value is -2.49. The van der Waals surface area contributed by atoms with Crippen molar-refractivity contribution in [2.75, 3.05) is 0 Å². The fourth-order valence-electron chi connectivity index (χ4n) is 3.18. The minimum Gasteiger partial charge on any atom is -0.486 e. The Kier molecular flexibility index (Phi) is 5.29. The molecule has 0 N–H and O–H groups in total. The molecule has 4 rings (SSSR count). The molecule has 0 bridgehead atoms. The van der Waals surface area contributed by atoms with Crippen LogP contribution in [0.3, 0.4) is 0 Å². The van der Waals surface area contributed by atoms with Crippen LogP contribution in [0.2, 0.25) is 10.0 Å². The Morgan fingerprint density at radius 2 is 1.75 bits per heavy atom. The number of benzene rings is 3. The van der Waals surface area contributed by atoms with Gasteiger partial charge in [-0.2, -0.15) is 0 Å². The first kappa shape index (κ1) is 18.9. The van der Waals surface area contributed by atoms with E-state index in [-0.39, 0.29) is 0 Å². The van der Waals surface area contributed by atoms with E-state index in [1.54, 1.807) is 6.07 Å². The number of ether oxygens (including phenoxy) is 1. The molecule has 0 fully saturated rings. The summed E-state index contributed by atoms with van der Waals surface area (Å²) in [5, 5.41) is 1.27. The van der Waals surface area contributed by atoms with Crippen molar-refractivity contribution in [3.63, 3.8) is 0 Å². The molecular weight excluding hydrogens is 391 g/mol. The van der Waals surface area contributed by atoms with Crippen molar-refractivity contribution in [1.82, 2.24) is 9.55 Å². The Bertz CT molecular complexity index is 1150. The van der Waals surface area contributed by atoms with Gasteiger partial charge in [0.25, 0.3) is 0 Å². The van der Waals surface area contributed by atoms with Gasteiger partial charge in [0.15, 0.2) is 0 Å². The molecule has 0 spiro atoms. The molecule has 0 aliphatic rings. The van der Waals surface area contributed by atoms with Gasteiger partial charge >= 0.3 is 0 Å². The van der Waals surface area contributed by atoms with Gasteiger partial charge in [-0.05, 0) is 66.9 Å². The fraction of sp³-hybridized carbons (Fsp3) is 0.174. The van der Waals surface area contributed by atoms with E-state index < -0.39 is 0 Å². The summed E-state index contributed by atoms with van der Waals surface area (Å²) in [7, 11) is 0. The minimum atomic E-state index is 0.377. The summed E-state index contributed by atoms with van der Waals surface area (Å²) in [6, 6.07) is 19.8. The third-order valence-electron chi connectivity index (χ3n) is 4.92. The Balaban J connectivity index is 1.67. The van der Waals surface area contributed by atoms with E-state index in [0.717, 1.165) is 28.2 Å². The van der Waals surface area contributed by atoms with Gasteiger partial charge in [0.05, 0.1) is 17.6 Å². The highest BCUT2D eigenvalue weighted by atomic mass is 35.5. The third kappa shape index (κ3) is 3.87. The normalized spacial score (nSPS) is 11.1. The van der Waals surface area contributed by atoms with E-state index >= 15 is 0 Å². The van der Waals surface area contributed by atoms with Crippen LogP contribution in [0, 0.1) is 13.8 Å².